The van der Waals surface area contributed by atoms with E-state index < -0.39 is 16.0 Å². The zero-order chi connectivity index (χ0) is 20.3. The predicted molar refractivity (Wildman–Crippen MR) is 109 cm³/mol. The molecule has 1 amide bonds. The van der Waals surface area contributed by atoms with Gasteiger partial charge in [-0.05, 0) is 18.4 Å². The largest absolute Gasteiger partial charge is 0.465 e. The third-order valence-electron chi connectivity index (χ3n) is 4.79. The van der Waals surface area contributed by atoms with E-state index >= 15 is 0 Å². The molecule has 150 valence electrons. The Morgan fingerprint density at radius 2 is 1.82 bits per heavy atom. The van der Waals surface area contributed by atoms with Gasteiger partial charge in [0.25, 0.3) is 0 Å². The predicted octanol–water partition coefficient (Wildman–Crippen LogP) is 2.81. The lowest BCUT2D eigenvalue weighted by atomic mass is 9.96. The first-order valence-corrected chi connectivity index (χ1v) is 11.5. The van der Waals surface area contributed by atoms with Gasteiger partial charge in [-0.15, -0.1) is 11.3 Å². The number of carbonyl (C=O) groups is 2. The average molecular weight is 423 g/mol. The number of esters is 1. The highest BCUT2D eigenvalue weighted by Crippen LogP contribution is 2.37. The molecule has 0 bridgehead atoms. The molecule has 1 saturated heterocycles. The van der Waals surface area contributed by atoms with E-state index in [0.29, 0.717) is 36.5 Å². The Morgan fingerprint density at radius 1 is 1.18 bits per heavy atom. The molecule has 0 unspecified atom stereocenters. The molecule has 0 spiro atoms. The molecule has 1 fully saturated rings. The van der Waals surface area contributed by atoms with Crippen LogP contribution in [0.25, 0.3) is 11.1 Å². The van der Waals surface area contributed by atoms with E-state index in [1.807, 2.05) is 35.7 Å². The van der Waals surface area contributed by atoms with Crippen molar-refractivity contribution in [3.63, 3.8) is 0 Å². The Morgan fingerprint density at radius 3 is 2.39 bits per heavy atom. The van der Waals surface area contributed by atoms with Crippen molar-refractivity contribution in [2.75, 3.05) is 31.8 Å². The van der Waals surface area contributed by atoms with E-state index in [-0.39, 0.29) is 11.8 Å². The van der Waals surface area contributed by atoms with Crippen molar-refractivity contribution >= 4 is 38.9 Å². The summed E-state index contributed by atoms with van der Waals surface area (Å²) in [6.07, 6.45) is 2.06. The van der Waals surface area contributed by atoms with Crippen molar-refractivity contribution in [1.29, 1.82) is 0 Å². The fraction of sp³-hybridized carbons (Fsp3) is 0.368. The highest BCUT2D eigenvalue weighted by Gasteiger charge is 2.30. The second kappa shape index (κ2) is 8.42. The molecule has 0 aliphatic carbocycles. The minimum Gasteiger partial charge on any atom is -0.465 e. The van der Waals surface area contributed by atoms with Gasteiger partial charge in [0, 0.05) is 30.0 Å². The average Bonchev–Trinajstić information content (AvgIpc) is 3.11. The van der Waals surface area contributed by atoms with Gasteiger partial charge >= 0.3 is 5.97 Å². The van der Waals surface area contributed by atoms with Gasteiger partial charge in [0.05, 0.1) is 19.1 Å². The molecule has 9 heteroatoms. The minimum atomic E-state index is -3.25. The van der Waals surface area contributed by atoms with Crippen LogP contribution in [0.3, 0.4) is 0 Å². The maximum atomic E-state index is 12.8. The van der Waals surface area contributed by atoms with Crippen molar-refractivity contribution in [3.05, 3.63) is 40.6 Å². The SMILES string of the molecule is COC(=O)c1scc(-c2ccccc2)c1NC(=O)C1CCN(S(C)(=O)=O)CC1. The number of piperidine rings is 1. The number of carbonyl (C=O) groups excluding carboxylic acids is 2. The first kappa shape index (κ1) is 20.5. The monoisotopic (exact) mass is 422 g/mol. The minimum absolute atomic E-state index is 0.214. The molecule has 1 N–H and O–H groups in total. The van der Waals surface area contributed by atoms with Gasteiger partial charge in [-0.2, -0.15) is 0 Å². The van der Waals surface area contributed by atoms with Crippen LogP contribution in [0.5, 0.6) is 0 Å². The molecule has 7 nitrogen and oxygen atoms in total. The Bertz CT molecular complexity index is 961. The van der Waals surface area contributed by atoms with E-state index in [1.165, 1.54) is 29.0 Å². The Hall–Kier alpha value is -2.23. The van der Waals surface area contributed by atoms with Crippen LogP contribution in [0.1, 0.15) is 22.5 Å². The maximum Gasteiger partial charge on any atom is 0.350 e. The van der Waals surface area contributed by atoms with Crippen LogP contribution in [-0.2, 0) is 19.6 Å². The molecule has 2 aromatic rings. The lowest BCUT2D eigenvalue weighted by molar-refractivity contribution is -0.120. The summed E-state index contributed by atoms with van der Waals surface area (Å²) in [5.74, 6) is -1.03. The molecule has 1 aromatic carbocycles. The van der Waals surface area contributed by atoms with Gasteiger partial charge < -0.3 is 10.1 Å². The van der Waals surface area contributed by atoms with E-state index in [2.05, 4.69) is 5.32 Å². The van der Waals surface area contributed by atoms with Crippen LogP contribution in [0.2, 0.25) is 0 Å². The number of nitrogens with zero attached hydrogens (tertiary/aromatic N) is 1. The van der Waals surface area contributed by atoms with Crippen molar-refractivity contribution in [3.8, 4) is 11.1 Å². The van der Waals surface area contributed by atoms with Crippen LogP contribution in [0.4, 0.5) is 5.69 Å². The van der Waals surface area contributed by atoms with Gasteiger partial charge in [-0.25, -0.2) is 17.5 Å². The molecule has 1 aliphatic rings. The smallest absolute Gasteiger partial charge is 0.350 e. The summed E-state index contributed by atoms with van der Waals surface area (Å²) in [7, 11) is -1.94. The number of benzene rings is 1. The third kappa shape index (κ3) is 4.43. The molecule has 3 rings (SSSR count). The Labute approximate surface area is 168 Å². The fourth-order valence-corrected chi connectivity index (χ4v) is 5.05. The van der Waals surface area contributed by atoms with Gasteiger partial charge in [-0.1, -0.05) is 30.3 Å². The van der Waals surface area contributed by atoms with Crippen molar-refractivity contribution in [2.45, 2.75) is 12.8 Å². The Balaban J connectivity index is 1.82. The van der Waals surface area contributed by atoms with Crippen molar-refractivity contribution < 1.29 is 22.7 Å². The second-order valence-electron chi connectivity index (χ2n) is 6.64. The summed E-state index contributed by atoms with van der Waals surface area (Å²) in [5.41, 5.74) is 2.09. The van der Waals surface area contributed by atoms with Crippen LogP contribution in [-0.4, -0.2) is 51.1 Å². The zero-order valence-corrected chi connectivity index (χ0v) is 17.3. The lowest BCUT2D eigenvalue weighted by Gasteiger charge is -2.29. The number of hydrogen-bond donors (Lipinski definition) is 1. The number of nitrogens with one attached hydrogen (secondary N) is 1. The van der Waals surface area contributed by atoms with Crippen molar-refractivity contribution in [2.24, 2.45) is 5.92 Å². The van der Waals surface area contributed by atoms with E-state index in [4.69, 9.17) is 4.74 Å². The summed E-state index contributed by atoms with van der Waals surface area (Å²) in [5, 5.41) is 4.72. The van der Waals surface area contributed by atoms with Gasteiger partial charge in [0.15, 0.2) is 0 Å². The molecule has 0 radical (unpaired) electrons. The van der Waals surface area contributed by atoms with Gasteiger partial charge in [0.2, 0.25) is 15.9 Å². The van der Waals surface area contributed by atoms with Crippen molar-refractivity contribution in [1.82, 2.24) is 4.31 Å². The Kier molecular flexibility index (Phi) is 6.17. The van der Waals surface area contributed by atoms with Crippen LogP contribution < -0.4 is 5.32 Å². The number of sulfonamides is 1. The van der Waals surface area contributed by atoms with Gasteiger partial charge in [0.1, 0.15) is 4.88 Å². The summed E-state index contributed by atoms with van der Waals surface area (Å²) in [6, 6.07) is 9.48. The summed E-state index contributed by atoms with van der Waals surface area (Å²) in [6.45, 7) is 0.631. The number of thiophene rings is 1. The first-order chi connectivity index (χ1) is 13.3. The molecule has 28 heavy (non-hydrogen) atoms. The van der Waals surface area contributed by atoms with Crippen LogP contribution >= 0.6 is 11.3 Å². The molecule has 1 aliphatic heterocycles. The summed E-state index contributed by atoms with van der Waals surface area (Å²) < 4.78 is 29.5. The lowest BCUT2D eigenvalue weighted by Crippen LogP contribution is -2.41. The van der Waals surface area contributed by atoms with Crippen LogP contribution in [0, 0.1) is 5.92 Å². The number of rotatable bonds is 5. The highest BCUT2D eigenvalue weighted by molar-refractivity contribution is 7.88. The second-order valence-corrected chi connectivity index (χ2v) is 9.50. The molecule has 0 saturated carbocycles. The molecule has 0 atom stereocenters. The van der Waals surface area contributed by atoms with Gasteiger partial charge in [-0.3, -0.25) is 4.79 Å². The van der Waals surface area contributed by atoms with E-state index in [1.54, 1.807) is 0 Å². The number of methoxy groups -OCH3 is 1. The number of amides is 1. The molecule has 1 aromatic heterocycles. The highest BCUT2D eigenvalue weighted by atomic mass is 32.2. The number of hydrogen-bond acceptors (Lipinski definition) is 6. The normalized spacial score (nSPS) is 15.9. The van der Waals surface area contributed by atoms with E-state index in [9.17, 15) is 18.0 Å². The maximum absolute atomic E-state index is 12.8. The third-order valence-corrected chi connectivity index (χ3v) is 7.05. The number of anilines is 1. The number of ether oxygens (including phenoxy) is 1. The zero-order valence-electron chi connectivity index (χ0n) is 15.7. The van der Waals surface area contributed by atoms with Crippen LogP contribution in [0.15, 0.2) is 35.7 Å². The fourth-order valence-electron chi connectivity index (χ4n) is 3.23. The summed E-state index contributed by atoms with van der Waals surface area (Å²) >= 11 is 1.22. The topological polar surface area (TPSA) is 92.8 Å². The van der Waals surface area contributed by atoms with E-state index in [0.717, 1.165) is 11.1 Å². The molecular formula is C19H22N2O5S2. The molecular weight excluding hydrogens is 400 g/mol. The first-order valence-electron chi connectivity index (χ1n) is 8.82. The quantitative estimate of drug-likeness (QED) is 0.748. The standard InChI is InChI=1S/C19H22N2O5S2/c1-26-19(23)17-16(15(12-27-17)13-6-4-3-5-7-13)20-18(22)14-8-10-21(11-9-14)28(2,24)25/h3-7,12,14H,8-11H2,1-2H3,(H,20,22). The molecule has 2 heterocycles. The summed E-state index contributed by atoms with van der Waals surface area (Å²) in [4.78, 5) is 25.3.